The normalized spacial score (nSPS) is 10.6. The third kappa shape index (κ3) is 2.39. The van der Waals surface area contributed by atoms with Crippen LogP contribution in [0.1, 0.15) is 36.3 Å². The van der Waals surface area contributed by atoms with Crippen LogP contribution < -0.4 is 4.74 Å². The standard InChI is InChI=1S/C15H17NO4/c1-4-12(17)20-14-11-8-6-7-9-16(11)10(3)13(14)15(18)19-5-2/h6-9H,4-5H2,1-3H3. The van der Waals surface area contributed by atoms with Crippen molar-refractivity contribution in [1.29, 1.82) is 0 Å². The second-order valence-electron chi connectivity index (χ2n) is 4.29. The van der Waals surface area contributed by atoms with Crippen molar-refractivity contribution < 1.29 is 19.1 Å². The Morgan fingerprint density at radius 1 is 1.25 bits per heavy atom. The van der Waals surface area contributed by atoms with Gasteiger partial charge in [-0.25, -0.2) is 4.79 Å². The van der Waals surface area contributed by atoms with Crippen molar-refractivity contribution in [1.82, 2.24) is 4.40 Å². The highest BCUT2D eigenvalue weighted by Gasteiger charge is 2.25. The molecule has 2 aromatic heterocycles. The number of carbonyl (C=O) groups is 2. The first-order chi connectivity index (χ1) is 9.60. The third-order valence-corrected chi connectivity index (χ3v) is 3.03. The summed E-state index contributed by atoms with van der Waals surface area (Å²) >= 11 is 0. The number of ether oxygens (including phenoxy) is 2. The Morgan fingerprint density at radius 2 is 2.00 bits per heavy atom. The van der Waals surface area contributed by atoms with Crippen molar-refractivity contribution in [3.8, 4) is 5.75 Å². The van der Waals surface area contributed by atoms with Crippen LogP contribution in [0.3, 0.4) is 0 Å². The van der Waals surface area contributed by atoms with Crippen LogP contribution in [-0.2, 0) is 9.53 Å². The number of aromatic nitrogens is 1. The van der Waals surface area contributed by atoms with Crippen LogP contribution in [0.15, 0.2) is 24.4 Å². The van der Waals surface area contributed by atoms with E-state index in [9.17, 15) is 9.59 Å². The van der Waals surface area contributed by atoms with Crippen LogP contribution in [0.2, 0.25) is 0 Å². The summed E-state index contributed by atoms with van der Waals surface area (Å²) < 4.78 is 12.2. The lowest BCUT2D eigenvalue weighted by Gasteiger charge is -2.05. The maximum atomic E-state index is 12.1. The van der Waals surface area contributed by atoms with E-state index in [1.165, 1.54) is 0 Å². The highest BCUT2D eigenvalue weighted by atomic mass is 16.5. The van der Waals surface area contributed by atoms with Crippen LogP contribution in [0.25, 0.3) is 5.52 Å². The topological polar surface area (TPSA) is 57.0 Å². The average Bonchev–Trinajstić information content (AvgIpc) is 2.72. The van der Waals surface area contributed by atoms with Crippen molar-refractivity contribution >= 4 is 17.5 Å². The Kier molecular flexibility index (Phi) is 4.08. The number of esters is 2. The van der Waals surface area contributed by atoms with Gasteiger partial charge in [0, 0.05) is 18.3 Å². The predicted molar refractivity (Wildman–Crippen MR) is 74.0 cm³/mol. The first kappa shape index (κ1) is 14.1. The molecular weight excluding hydrogens is 258 g/mol. The molecule has 5 nitrogen and oxygen atoms in total. The Balaban J connectivity index is 2.63. The summed E-state index contributed by atoms with van der Waals surface area (Å²) in [7, 11) is 0. The lowest BCUT2D eigenvalue weighted by atomic mass is 10.2. The molecule has 20 heavy (non-hydrogen) atoms. The van der Waals surface area contributed by atoms with Crippen molar-refractivity contribution in [2.45, 2.75) is 27.2 Å². The Bertz CT molecular complexity index is 657. The van der Waals surface area contributed by atoms with Crippen LogP contribution >= 0.6 is 0 Å². The van der Waals surface area contributed by atoms with Gasteiger partial charge in [0.05, 0.1) is 12.1 Å². The molecule has 5 heteroatoms. The Morgan fingerprint density at radius 3 is 2.65 bits per heavy atom. The molecule has 0 saturated heterocycles. The lowest BCUT2D eigenvalue weighted by Crippen LogP contribution is -2.11. The Labute approximate surface area is 117 Å². The molecule has 0 atom stereocenters. The zero-order valence-corrected chi connectivity index (χ0v) is 11.8. The quantitative estimate of drug-likeness (QED) is 0.805. The fraction of sp³-hybridized carbons (Fsp3) is 0.333. The number of pyridine rings is 1. The number of hydrogen-bond acceptors (Lipinski definition) is 4. The summed E-state index contributed by atoms with van der Waals surface area (Å²) in [5, 5.41) is 0. The largest absolute Gasteiger partial charge is 0.462 e. The zero-order valence-electron chi connectivity index (χ0n) is 11.8. The van der Waals surface area contributed by atoms with Crippen LogP contribution in [0.5, 0.6) is 5.75 Å². The number of carbonyl (C=O) groups excluding carboxylic acids is 2. The fourth-order valence-corrected chi connectivity index (χ4v) is 2.07. The highest BCUT2D eigenvalue weighted by Crippen LogP contribution is 2.32. The van der Waals surface area contributed by atoms with E-state index in [-0.39, 0.29) is 24.7 Å². The monoisotopic (exact) mass is 275 g/mol. The van der Waals surface area contributed by atoms with E-state index in [1.54, 1.807) is 26.8 Å². The third-order valence-electron chi connectivity index (χ3n) is 3.03. The number of hydrogen-bond donors (Lipinski definition) is 0. The molecule has 0 radical (unpaired) electrons. The molecule has 2 aromatic rings. The average molecular weight is 275 g/mol. The first-order valence-corrected chi connectivity index (χ1v) is 6.57. The van der Waals surface area contributed by atoms with E-state index in [2.05, 4.69) is 0 Å². The van der Waals surface area contributed by atoms with E-state index in [0.29, 0.717) is 16.8 Å². The van der Waals surface area contributed by atoms with Gasteiger partial charge in [-0.3, -0.25) is 4.79 Å². The summed E-state index contributed by atoms with van der Waals surface area (Å²) in [6, 6.07) is 5.47. The van der Waals surface area contributed by atoms with Gasteiger partial charge in [-0.05, 0) is 26.0 Å². The molecule has 0 spiro atoms. The molecular formula is C15H17NO4. The summed E-state index contributed by atoms with van der Waals surface area (Å²) in [4.78, 5) is 23.7. The van der Waals surface area contributed by atoms with E-state index >= 15 is 0 Å². The van der Waals surface area contributed by atoms with Crippen molar-refractivity contribution in [2.24, 2.45) is 0 Å². The van der Waals surface area contributed by atoms with Crippen LogP contribution in [-0.4, -0.2) is 22.9 Å². The number of rotatable bonds is 4. The summed E-state index contributed by atoms with van der Waals surface area (Å²) in [5.41, 5.74) is 1.67. The van der Waals surface area contributed by atoms with E-state index in [0.717, 1.165) is 0 Å². The highest BCUT2D eigenvalue weighted by molar-refractivity contribution is 5.99. The lowest BCUT2D eigenvalue weighted by molar-refractivity contribution is -0.133. The van der Waals surface area contributed by atoms with Gasteiger partial charge >= 0.3 is 11.9 Å². The van der Waals surface area contributed by atoms with Crippen molar-refractivity contribution in [3.63, 3.8) is 0 Å². The van der Waals surface area contributed by atoms with Gasteiger partial charge in [0.2, 0.25) is 0 Å². The molecule has 106 valence electrons. The van der Waals surface area contributed by atoms with Gasteiger partial charge in [0.15, 0.2) is 5.75 Å². The molecule has 2 rings (SSSR count). The second-order valence-corrected chi connectivity index (χ2v) is 4.29. The maximum absolute atomic E-state index is 12.1. The molecule has 2 heterocycles. The summed E-state index contributed by atoms with van der Waals surface area (Å²) in [5.74, 6) is -0.590. The molecule has 0 aliphatic rings. The predicted octanol–water partition coefficient (Wildman–Crippen LogP) is 2.74. The summed E-state index contributed by atoms with van der Waals surface area (Å²) in [6.07, 6.45) is 2.06. The molecule has 0 N–H and O–H groups in total. The minimum absolute atomic E-state index is 0.242. The molecule has 0 unspecified atom stereocenters. The van der Waals surface area contributed by atoms with Gasteiger partial charge in [-0.2, -0.15) is 0 Å². The Hall–Kier alpha value is -2.30. The van der Waals surface area contributed by atoms with Crippen molar-refractivity contribution in [3.05, 3.63) is 35.7 Å². The molecule has 0 aromatic carbocycles. The van der Waals surface area contributed by atoms with Gasteiger partial charge in [-0.15, -0.1) is 0 Å². The first-order valence-electron chi connectivity index (χ1n) is 6.57. The number of fused-ring (bicyclic) bond motifs is 1. The zero-order chi connectivity index (χ0) is 14.7. The molecule has 0 aliphatic heterocycles. The maximum Gasteiger partial charge on any atom is 0.343 e. The molecule has 0 bridgehead atoms. The van der Waals surface area contributed by atoms with Crippen molar-refractivity contribution in [2.75, 3.05) is 6.61 Å². The van der Waals surface area contributed by atoms with E-state index in [4.69, 9.17) is 9.47 Å². The minimum atomic E-state index is -0.479. The van der Waals surface area contributed by atoms with Gasteiger partial charge in [0.25, 0.3) is 0 Å². The van der Waals surface area contributed by atoms with Gasteiger partial charge in [-0.1, -0.05) is 13.0 Å². The van der Waals surface area contributed by atoms with Crippen LogP contribution in [0.4, 0.5) is 0 Å². The molecule has 0 aliphatic carbocycles. The summed E-state index contributed by atoms with van der Waals surface area (Å²) in [6.45, 7) is 5.51. The van der Waals surface area contributed by atoms with E-state index < -0.39 is 5.97 Å². The van der Waals surface area contributed by atoms with Gasteiger partial charge < -0.3 is 13.9 Å². The van der Waals surface area contributed by atoms with Gasteiger partial charge in [0.1, 0.15) is 5.56 Å². The van der Waals surface area contributed by atoms with Crippen LogP contribution in [0, 0.1) is 6.92 Å². The number of aryl methyl sites for hydroxylation is 1. The minimum Gasteiger partial charge on any atom is -0.462 e. The number of nitrogens with zero attached hydrogens (tertiary/aromatic N) is 1. The smallest absolute Gasteiger partial charge is 0.343 e. The molecule has 0 amide bonds. The SMILES string of the molecule is CCOC(=O)c1c(OC(=O)CC)c2ccccn2c1C. The second kappa shape index (κ2) is 5.77. The molecule has 0 saturated carbocycles. The fourth-order valence-electron chi connectivity index (χ4n) is 2.07. The molecule has 0 fully saturated rings. The van der Waals surface area contributed by atoms with E-state index in [1.807, 2.05) is 22.7 Å².